The molecule has 1 aromatic heterocycles. The fraction of sp³-hybridized carbons (Fsp3) is 0.267. The monoisotopic (exact) mass is 374 g/mol. The second-order valence-electron chi connectivity index (χ2n) is 4.80. The molecule has 0 aliphatic carbocycles. The van der Waals surface area contributed by atoms with E-state index in [1.54, 1.807) is 6.92 Å². The normalized spacial score (nSPS) is 11.1. The van der Waals surface area contributed by atoms with Crippen molar-refractivity contribution in [2.45, 2.75) is 13.1 Å². The number of methoxy groups -OCH3 is 2. The molecule has 0 saturated carbocycles. The number of nitrogens with one attached hydrogen (secondary N) is 1. The number of aromatic nitrogens is 1. The fourth-order valence-electron chi connectivity index (χ4n) is 2.03. The third-order valence-electron chi connectivity index (χ3n) is 3.27. The van der Waals surface area contributed by atoms with E-state index in [1.165, 1.54) is 26.4 Å². The fourth-order valence-corrected chi connectivity index (χ4v) is 2.75. The van der Waals surface area contributed by atoms with Gasteiger partial charge in [-0.1, -0.05) is 0 Å². The van der Waals surface area contributed by atoms with Gasteiger partial charge in [0.15, 0.2) is 10.7 Å². The number of hydrogen-bond donors (Lipinski definition) is 1. The van der Waals surface area contributed by atoms with Crippen molar-refractivity contribution < 1.29 is 32.2 Å². The topological polar surface area (TPSA) is 77.5 Å². The molecule has 0 fully saturated rings. The Morgan fingerprint density at radius 2 is 1.92 bits per heavy atom. The number of ether oxygens (including phenoxy) is 2. The average Bonchev–Trinajstić information content (AvgIpc) is 3.06. The number of thiazole rings is 1. The summed E-state index contributed by atoms with van der Waals surface area (Å²) in [4.78, 5) is 27.4. The zero-order valence-electron chi connectivity index (χ0n) is 13.4. The number of halogens is 3. The molecule has 0 unspecified atom stereocenters. The van der Waals surface area contributed by atoms with Crippen LogP contribution in [0, 0.1) is 6.92 Å². The van der Waals surface area contributed by atoms with Crippen LogP contribution in [0.4, 0.5) is 18.9 Å². The van der Waals surface area contributed by atoms with Crippen LogP contribution in [0.15, 0.2) is 17.5 Å². The highest BCUT2D eigenvalue weighted by Gasteiger charge is 2.34. The highest BCUT2D eigenvalue weighted by molar-refractivity contribution is 7.11. The molecule has 1 aromatic carbocycles. The maximum absolute atomic E-state index is 12.6. The van der Waals surface area contributed by atoms with E-state index >= 15 is 0 Å². The molecule has 0 atom stereocenters. The van der Waals surface area contributed by atoms with Crippen molar-refractivity contribution >= 4 is 28.9 Å². The third kappa shape index (κ3) is 3.90. The van der Waals surface area contributed by atoms with Crippen LogP contribution in [-0.4, -0.2) is 31.1 Å². The first kappa shape index (κ1) is 18.7. The van der Waals surface area contributed by atoms with Crippen molar-refractivity contribution in [3.63, 3.8) is 0 Å². The Balaban J connectivity index is 2.39. The summed E-state index contributed by atoms with van der Waals surface area (Å²) >= 11 is 0.549. The quantitative estimate of drug-likeness (QED) is 0.829. The zero-order chi connectivity index (χ0) is 18.8. The van der Waals surface area contributed by atoms with Crippen molar-refractivity contribution in [1.82, 2.24) is 4.98 Å². The molecule has 134 valence electrons. The number of rotatable bonds is 4. The summed E-state index contributed by atoms with van der Waals surface area (Å²) in [7, 11) is 2.58. The Bertz CT molecular complexity index is 818. The van der Waals surface area contributed by atoms with E-state index < -0.39 is 23.7 Å². The second-order valence-corrected chi connectivity index (χ2v) is 5.65. The number of alkyl halides is 3. The van der Waals surface area contributed by atoms with Crippen LogP contribution < -0.4 is 10.1 Å². The predicted molar refractivity (Wildman–Crippen MR) is 84.1 cm³/mol. The number of amides is 1. The SMILES string of the molecule is COC(=O)c1ccc(OC)c(C)c1NC(=O)c1nc(C(F)(F)F)cs1. The van der Waals surface area contributed by atoms with Crippen LogP contribution in [0.2, 0.25) is 0 Å². The summed E-state index contributed by atoms with van der Waals surface area (Å²) in [6.45, 7) is 1.59. The highest BCUT2D eigenvalue weighted by atomic mass is 32.1. The Morgan fingerprint density at radius 3 is 2.44 bits per heavy atom. The lowest BCUT2D eigenvalue weighted by Crippen LogP contribution is -2.17. The molecule has 1 N–H and O–H groups in total. The Morgan fingerprint density at radius 1 is 1.24 bits per heavy atom. The number of anilines is 1. The Kier molecular flexibility index (Phi) is 5.31. The standard InChI is InChI=1S/C15H13F3N2O4S/c1-7-9(23-2)5-4-8(14(22)24-3)11(7)20-12(21)13-19-10(6-25-13)15(16,17)18/h4-6H,1-3H3,(H,20,21). The van der Waals surface area contributed by atoms with Crippen molar-refractivity contribution in [3.8, 4) is 5.75 Å². The summed E-state index contributed by atoms with van der Waals surface area (Å²) in [5, 5.41) is 2.77. The van der Waals surface area contributed by atoms with Gasteiger partial charge in [-0.3, -0.25) is 4.79 Å². The van der Waals surface area contributed by atoms with Crippen molar-refractivity contribution in [1.29, 1.82) is 0 Å². The van der Waals surface area contributed by atoms with Gasteiger partial charge in [0, 0.05) is 10.9 Å². The molecule has 0 bridgehead atoms. The van der Waals surface area contributed by atoms with Gasteiger partial charge in [0.25, 0.3) is 5.91 Å². The summed E-state index contributed by atoms with van der Waals surface area (Å²) < 4.78 is 47.6. The molecule has 1 heterocycles. The van der Waals surface area contributed by atoms with E-state index in [4.69, 9.17) is 4.74 Å². The van der Waals surface area contributed by atoms with Gasteiger partial charge >= 0.3 is 12.1 Å². The Hall–Kier alpha value is -2.62. The molecule has 0 aliphatic rings. The summed E-state index contributed by atoms with van der Waals surface area (Å²) in [6.07, 6.45) is -4.64. The van der Waals surface area contributed by atoms with E-state index in [-0.39, 0.29) is 16.3 Å². The molecule has 10 heteroatoms. The van der Waals surface area contributed by atoms with E-state index in [1.807, 2.05) is 0 Å². The molecule has 0 aliphatic heterocycles. The number of esters is 1. The first-order valence-corrected chi connectivity index (χ1v) is 7.67. The number of carbonyl (C=O) groups excluding carboxylic acids is 2. The molecule has 0 spiro atoms. The van der Waals surface area contributed by atoms with Crippen LogP contribution >= 0.6 is 11.3 Å². The maximum atomic E-state index is 12.6. The lowest BCUT2D eigenvalue weighted by molar-refractivity contribution is -0.140. The number of carbonyl (C=O) groups is 2. The highest BCUT2D eigenvalue weighted by Crippen LogP contribution is 2.32. The summed E-state index contributed by atoms with van der Waals surface area (Å²) in [6, 6.07) is 2.90. The third-order valence-corrected chi connectivity index (χ3v) is 4.11. The van der Waals surface area contributed by atoms with Crippen LogP contribution in [0.1, 0.15) is 31.4 Å². The van der Waals surface area contributed by atoms with Crippen LogP contribution in [0.25, 0.3) is 0 Å². The molecule has 2 aromatic rings. The summed E-state index contributed by atoms with van der Waals surface area (Å²) in [5.41, 5.74) is -0.605. The van der Waals surface area contributed by atoms with E-state index in [0.29, 0.717) is 22.6 Å². The maximum Gasteiger partial charge on any atom is 0.434 e. The van der Waals surface area contributed by atoms with E-state index in [9.17, 15) is 22.8 Å². The lowest BCUT2D eigenvalue weighted by atomic mass is 10.1. The van der Waals surface area contributed by atoms with Crippen LogP contribution in [0.3, 0.4) is 0 Å². The largest absolute Gasteiger partial charge is 0.496 e. The molecular formula is C15H13F3N2O4S. The van der Waals surface area contributed by atoms with Gasteiger partial charge in [0.1, 0.15) is 5.75 Å². The second kappa shape index (κ2) is 7.09. The minimum absolute atomic E-state index is 0.0433. The first-order chi connectivity index (χ1) is 11.7. The lowest BCUT2D eigenvalue weighted by Gasteiger charge is -2.14. The van der Waals surface area contributed by atoms with Crippen molar-refractivity contribution in [2.24, 2.45) is 0 Å². The van der Waals surface area contributed by atoms with Gasteiger partial charge in [-0.2, -0.15) is 13.2 Å². The smallest absolute Gasteiger partial charge is 0.434 e. The van der Waals surface area contributed by atoms with Gasteiger partial charge in [0.05, 0.1) is 25.5 Å². The van der Waals surface area contributed by atoms with E-state index in [0.717, 1.165) is 5.38 Å². The van der Waals surface area contributed by atoms with Gasteiger partial charge in [-0.05, 0) is 19.1 Å². The molecular weight excluding hydrogens is 361 g/mol. The van der Waals surface area contributed by atoms with Gasteiger partial charge in [0.2, 0.25) is 0 Å². The number of hydrogen-bond acceptors (Lipinski definition) is 6. The van der Waals surface area contributed by atoms with Gasteiger partial charge in [-0.25, -0.2) is 9.78 Å². The summed E-state index contributed by atoms with van der Waals surface area (Å²) in [5.74, 6) is -1.20. The zero-order valence-corrected chi connectivity index (χ0v) is 14.2. The van der Waals surface area contributed by atoms with E-state index in [2.05, 4.69) is 15.0 Å². The predicted octanol–water partition coefficient (Wildman–Crippen LogP) is 3.52. The number of nitrogens with zero attached hydrogens (tertiary/aromatic N) is 1. The van der Waals surface area contributed by atoms with Gasteiger partial charge < -0.3 is 14.8 Å². The molecule has 6 nitrogen and oxygen atoms in total. The molecule has 0 saturated heterocycles. The van der Waals surface area contributed by atoms with Gasteiger partial charge in [-0.15, -0.1) is 11.3 Å². The Labute approximate surface area is 144 Å². The van der Waals surface area contributed by atoms with Crippen molar-refractivity contribution in [3.05, 3.63) is 39.3 Å². The molecule has 1 amide bonds. The molecule has 25 heavy (non-hydrogen) atoms. The van der Waals surface area contributed by atoms with Crippen molar-refractivity contribution in [2.75, 3.05) is 19.5 Å². The molecule has 0 radical (unpaired) electrons. The average molecular weight is 374 g/mol. The van der Waals surface area contributed by atoms with Crippen LogP contribution in [-0.2, 0) is 10.9 Å². The number of benzene rings is 1. The van der Waals surface area contributed by atoms with Crippen LogP contribution in [0.5, 0.6) is 5.75 Å². The molecule has 2 rings (SSSR count). The first-order valence-electron chi connectivity index (χ1n) is 6.79. The minimum atomic E-state index is -4.64. The minimum Gasteiger partial charge on any atom is -0.496 e.